The third-order valence-corrected chi connectivity index (χ3v) is 3.83. The molecule has 2 N–H and O–H groups in total. The molecule has 122 valence electrons. The molecule has 2 heterocycles. The van der Waals surface area contributed by atoms with Gasteiger partial charge in [-0.2, -0.15) is 0 Å². The predicted molar refractivity (Wildman–Crippen MR) is 98.4 cm³/mol. The molecule has 0 saturated carbocycles. The molecule has 0 saturated heterocycles. The van der Waals surface area contributed by atoms with Crippen LogP contribution in [0, 0.1) is 6.92 Å². The van der Waals surface area contributed by atoms with Crippen molar-refractivity contribution in [1.29, 1.82) is 0 Å². The molecular weight excluding hydrogens is 370 g/mol. The zero-order valence-electron chi connectivity index (χ0n) is 13.1. The van der Waals surface area contributed by atoms with Crippen LogP contribution in [-0.4, -0.2) is 21.7 Å². The second-order valence-electron chi connectivity index (χ2n) is 5.09. The highest BCUT2D eigenvalue weighted by Crippen LogP contribution is 2.31. The Morgan fingerprint density at radius 2 is 2.12 bits per heavy atom. The van der Waals surface area contributed by atoms with E-state index in [-0.39, 0.29) is 0 Å². The first-order chi connectivity index (χ1) is 11.7. The van der Waals surface area contributed by atoms with Crippen LogP contribution in [0.1, 0.15) is 5.56 Å². The Morgan fingerprint density at radius 1 is 1.25 bits per heavy atom. The van der Waals surface area contributed by atoms with Crippen molar-refractivity contribution in [2.45, 2.75) is 6.92 Å². The number of halogens is 1. The van der Waals surface area contributed by atoms with Gasteiger partial charge >= 0.3 is 6.01 Å². The third-order valence-electron chi connectivity index (χ3n) is 3.33. The molecule has 0 bridgehead atoms. The van der Waals surface area contributed by atoms with E-state index in [4.69, 9.17) is 4.42 Å². The summed E-state index contributed by atoms with van der Waals surface area (Å²) in [6, 6.07) is 8.22. The highest BCUT2D eigenvalue weighted by molar-refractivity contribution is 9.10. The fourth-order valence-electron chi connectivity index (χ4n) is 2.16. The molecular formula is C17H16BrN5O. The molecule has 24 heavy (non-hydrogen) atoms. The Hall–Kier alpha value is -2.67. The van der Waals surface area contributed by atoms with Crippen molar-refractivity contribution < 1.29 is 4.42 Å². The van der Waals surface area contributed by atoms with Crippen molar-refractivity contribution in [1.82, 2.24) is 15.2 Å². The number of rotatable bonds is 6. The molecule has 0 atom stereocenters. The van der Waals surface area contributed by atoms with E-state index in [9.17, 15) is 0 Å². The number of hydrogen-bond donors (Lipinski definition) is 2. The number of pyridine rings is 1. The minimum absolute atomic E-state index is 0.354. The molecule has 7 heteroatoms. The SMILES string of the molecule is C=CCNc1nnc(-c2ccncc2Nc2ccc(Br)cc2C)o1. The predicted octanol–water partition coefficient (Wildman–Crippen LogP) is 4.54. The van der Waals surface area contributed by atoms with Crippen LogP contribution in [0.25, 0.3) is 11.5 Å². The molecule has 3 aromatic rings. The maximum atomic E-state index is 5.64. The highest BCUT2D eigenvalue weighted by Gasteiger charge is 2.13. The van der Waals surface area contributed by atoms with E-state index in [0.29, 0.717) is 18.5 Å². The van der Waals surface area contributed by atoms with Crippen LogP contribution in [0.3, 0.4) is 0 Å². The second kappa shape index (κ2) is 7.27. The Morgan fingerprint density at radius 3 is 2.92 bits per heavy atom. The molecule has 0 unspecified atom stereocenters. The fourth-order valence-corrected chi connectivity index (χ4v) is 2.63. The molecule has 0 radical (unpaired) electrons. The molecule has 0 fully saturated rings. The monoisotopic (exact) mass is 385 g/mol. The molecule has 2 aromatic heterocycles. The van der Waals surface area contributed by atoms with Gasteiger partial charge in [-0.05, 0) is 36.8 Å². The van der Waals surface area contributed by atoms with Crippen molar-refractivity contribution in [3.05, 3.63) is 59.4 Å². The van der Waals surface area contributed by atoms with Crippen molar-refractivity contribution in [2.24, 2.45) is 0 Å². The van der Waals surface area contributed by atoms with Crippen LogP contribution >= 0.6 is 15.9 Å². The Bertz CT molecular complexity index is 862. The zero-order valence-corrected chi connectivity index (χ0v) is 14.7. The van der Waals surface area contributed by atoms with Crippen molar-refractivity contribution in [3.63, 3.8) is 0 Å². The molecule has 0 aliphatic heterocycles. The Kier molecular flexibility index (Phi) is 4.90. The minimum Gasteiger partial charge on any atom is -0.403 e. The summed E-state index contributed by atoms with van der Waals surface area (Å²) in [5, 5.41) is 14.4. The fraction of sp³-hybridized carbons (Fsp3) is 0.118. The number of aromatic nitrogens is 3. The topological polar surface area (TPSA) is 75.9 Å². The van der Waals surface area contributed by atoms with E-state index < -0.39 is 0 Å². The lowest BCUT2D eigenvalue weighted by atomic mass is 10.1. The lowest BCUT2D eigenvalue weighted by Gasteiger charge is -2.12. The summed E-state index contributed by atoms with van der Waals surface area (Å²) < 4.78 is 6.68. The smallest absolute Gasteiger partial charge is 0.315 e. The molecule has 1 aromatic carbocycles. The number of hydrogen-bond acceptors (Lipinski definition) is 6. The number of benzene rings is 1. The van der Waals surface area contributed by atoms with Gasteiger partial charge in [0.05, 0.1) is 17.4 Å². The van der Waals surface area contributed by atoms with Gasteiger partial charge in [-0.25, -0.2) is 0 Å². The van der Waals surface area contributed by atoms with Crippen molar-refractivity contribution in [2.75, 3.05) is 17.2 Å². The Balaban J connectivity index is 1.90. The summed E-state index contributed by atoms with van der Waals surface area (Å²) in [4.78, 5) is 4.18. The van der Waals surface area contributed by atoms with Crippen LogP contribution in [0.4, 0.5) is 17.4 Å². The zero-order chi connectivity index (χ0) is 16.9. The van der Waals surface area contributed by atoms with E-state index in [2.05, 4.69) is 48.3 Å². The number of nitrogens with one attached hydrogen (secondary N) is 2. The van der Waals surface area contributed by atoms with Crippen molar-refractivity contribution >= 4 is 33.3 Å². The molecule has 3 rings (SSSR count). The van der Waals surface area contributed by atoms with Gasteiger partial charge in [0.25, 0.3) is 5.89 Å². The van der Waals surface area contributed by atoms with E-state index in [1.807, 2.05) is 31.2 Å². The summed E-state index contributed by atoms with van der Waals surface area (Å²) >= 11 is 3.47. The van der Waals surface area contributed by atoms with Gasteiger partial charge in [0, 0.05) is 22.9 Å². The van der Waals surface area contributed by atoms with Gasteiger partial charge in [0.2, 0.25) is 0 Å². The summed E-state index contributed by atoms with van der Waals surface area (Å²) in [5.74, 6) is 0.418. The maximum Gasteiger partial charge on any atom is 0.315 e. The lowest BCUT2D eigenvalue weighted by molar-refractivity contribution is 0.584. The van der Waals surface area contributed by atoms with Crippen LogP contribution in [0.5, 0.6) is 0 Å². The largest absolute Gasteiger partial charge is 0.403 e. The quantitative estimate of drug-likeness (QED) is 0.606. The van der Waals surface area contributed by atoms with Crippen LogP contribution in [0.2, 0.25) is 0 Å². The first-order valence-electron chi connectivity index (χ1n) is 7.33. The minimum atomic E-state index is 0.354. The summed E-state index contributed by atoms with van der Waals surface area (Å²) in [5.41, 5.74) is 3.67. The van der Waals surface area contributed by atoms with Crippen LogP contribution < -0.4 is 10.6 Å². The lowest BCUT2D eigenvalue weighted by Crippen LogP contribution is -1.97. The highest BCUT2D eigenvalue weighted by atomic mass is 79.9. The van der Waals surface area contributed by atoms with Crippen LogP contribution in [-0.2, 0) is 0 Å². The van der Waals surface area contributed by atoms with Gasteiger partial charge in [0.1, 0.15) is 0 Å². The van der Waals surface area contributed by atoms with E-state index in [0.717, 1.165) is 27.0 Å². The molecule has 0 aliphatic carbocycles. The van der Waals surface area contributed by atoms with Gasteiger partial charge in [-0.3, -0.25) is 4.98 Å². The van der Waals surface area contributed by atoms with Gasteiger partial charge in [-0.1, -0.05) is 27.1 Å². The van der Waals surface area contributed by atoms with E-state index in [1.54, 1.807) is 18.5 Å². The summed E-state index contributed by atoms with van der Waals surface area (Å²) in [6.45, 7) is 6.23. The summed E-state index contributed by atoms with van der Waals surface area (Å²) in [7, 11) is 0. The Labute approximate surface area is 148 Å². The average molecular weight is 386 g/mol. The molecule has 0 amide bonds. The molecule has 6 nitrogen and oxygen atoms in total. The van der Waals surface area contributed by atoms with Gasteiger partial charge in [-0.15, -0.1) is 11.7 Å². The molecule has 0 aliphatic rings. The maximum absolute atomic E-state index is 5.64. The number of anilines is 3. The first-order valence-corrected chi connectivity index (χ1v) is 8.12. The number of aryl methyl sites for hydroxylation is 1. The molecule has 0 spiro atoms. The van der Waals surface area contributed by atoms with Crippen LogP contribution in [0.15, 0.2) is 58.2 Å². The third kappa shape index (κ3) is 3.62. The van der Waals surface area contributed by atoms with E-state index >= 15 is 0 Å². The summed E-state index contributed by atoms with van der Waals surface area (Å²) in [6.07, 6.45) is 5.15. The first kappa shape index (κ1) is 16.2. The number of nitrogens with zero attached hydrogens (tertiary/aromatic N) is 3. The van der Waals surface area contributed by atoms with Crippen molar-refractivity contribution in [3.8, 4) is 11.5 Å². The van der Waals surface area contributed by atoms with Gasteiger partial charge < -0.3 is 15.1 Å². The normalized spacial score (nSPS) is 10.4. The second-order valence-corrected chi connectivity index (χ2v) is 6.00. The van der Waals surface area contributed by atoms with E-state index in [1.165, 1.54) is 0 Å². The average Bonchev–Trinajstić information content (AvgIpc) is 3.05. The van der Waals surface area contributed by atoms with Gasteiger partial charge in [0.15, 0.2) is 0 Å². The standard InChI is InChI=1S/C17H16BrN5O/c1-3-7-20-17-23-22-16(24-17)13-6-8-19-10-15(13)21-14-5-4-12(18)9-11(14)2/h3-6,8-10,21H,1,7H2,2H3,(H,20,23).